The zero-order valence-electron chi connectivity index (χ0n) is 12.9. The molecule has 5 heteroatoms. The summed E-state index contributed by atoms with van der Waals surface area (Å²) < 4.78 is 0. The highest BCUT2D eigenvalue weighted by atomic mass is 15.3. The van der Waals surface area contributed by atoms with Gasteiger partial charge in [-0.25, -0.2) is 4.98 Å². The molecule has 1 heterocycles. The average molecular weight is 277 g/mol. The number of hydrogen-bond donors (Lipinski definition) is 2. The molecule has 2 rings (SSSR count). The van der Waals surface area contributed by atoms with Crippen LogP contribution in [0.4, 0.5) is 5.95 Å². The summed E-state index contributed by atoms with van der Waals surface area (Å²) in [7, 11) is 0. The van der Waals surface area contributed by atoms with Gasteiger partial charge in [-0.2, -0.15) is 5.10 Å². The minimum absolute atomic E-state index is 0.0487. The summed E-state index contributed by atoms with van der Waals surface area (Å²) in [5.74, 6) is 1.43. The number of nitrogens with two attached hydrogens (primary N) is 1. The van der Waals surface area contributed by atoms with Crippen LogP contribution in [0.5, 0.6) is 0 Å². The molecule has 0 amide bonds. The lowest BCUT2D eigenvalue weighted by molar-refractivity contribution is 0.270. The smallest absolute Gasteiger partial charge is 0.243 e. The predicted molar refractivity (Wildman–Crippen MR) is 81.6 cm³/mol. The van der Waals surface area contributed by atoms with Crippen LogP contribution in [0.2, 0.25) is 0 Å². The second-order valence-corrected chi connectivity index (χ2v) is 6.03. The second kappa shape index (κ2) is 6.48. The topological polar surface area (TPSA) is 76.7 Å². The van der Waals surface area contributed by atoms with Crippen LogP contribution < -0.4 is 11.1 Å². The molecule has 112 valence electrons. The first-order valence-electron chi connectivity index (χ1n) is 7.83. The maximum atomic E-state index is 6.02. The Hall–Kier alpha value is -1.23. The van der Waals surface area contributed by atoms with Crippen LogP contribution in [0.3, 0.4) is 0 Å². The van der Waals surface area contributed by atoms with Gasteiger partial charge in [0.15, 0.2) is 0 Å². The fourth-order valence-corrected chi connectivity index (χ4v) is 2.92. The highest BCUT2D eigenvalue weighted by Crippen LogP contribution is 2.33. The highest BCUT2D eigenvalue weighted by molar-refractivity contribution is 5.31. The molecular formula is C15H27N5. The van der Waals surface area contributed by atoms with E-state index >= 15 is 0 Å². The maximum Gasteiger partial charge on any atom is 0.243 e. The Morgan fingerprint density at radius 1 is 1.15 bits per heavy atom. The van der Waals surface area contributed by atoms with Gasteiger partial charge in [-0.3, -0.25) is 0 Å². The molecule has 1 aliphatic carbocycles. The van der Waals surface area contributed by atoms with Gasteiger partial charge in [-0.1, -0.05) is 20.8 Å². The molecule has 1 aromatic rings. The molecule has 1 saturated carbocycles. The molecule has 5 nitrogen and oxygen atoms in total. The Morgan fingerprint density at radius 2 is 1.80 bits per heavy atom. The third kappa shape index (κ3) is 3.26. The van der Waals surface area contributed by atoms with Crippen LogP contribution in [0.15, 0.2) is 0 Å². The van der Waals surface area contributed by atoms with Gasteiger partial charge < -0.3 is 11.1 Å². The van der Waals surface area contributed by atoms with E-state index in [-0.39, 0.29) is 5.54 Å². The monoisotopic (exact) mass is 277 g/mol. The van der Waals surface area contributed by atoms with Crippen molar-refractivity contribution >= 4 is 5.95 Å². The molecule has 3 N–H and O–H groups in total. The molecule has 1 aliphatic rings. The number of rotatable bonds is 5. The number of nitrogens with one attached hydrogen (secondary N) is 1. The Labute approximate surface area is 121 Å². The molecule has 0 atom stereocenters. The second-order valence-electron chi connectivity index (χ2n) is 6.03. The SMILES string of the molecule is CCc1nnc(NC2(CN)CCC(C)CC2)nc1CC. The summed E-state index contributed by atoms with van der Waals surface area (Å²) in [6.45, 7) is 7.12. The molecular weight excluding hydrogens is 250 g/mol. The Bertz CT molecular complexity index is 438. The van der Waals surface area contributed by atoms with E-state index in [1.165, 1.54) is 12.8 Å². The van der Waals surface area contributed by atoms with Gasteiger partial charge in [-0.05, 0) is 44.4 Å². The fraction of sp³-hybridized carbons (Fsp3) is 0.800. The van der Waals surface area contributed by atoms with Crippen LogP contribution in [0, 0.1) is 5.92 Å². The van der Waals surface area contributed by atoms with E-state index in [0.29, 0.717) is 12.5 Å². The van der Waals surface area contributed by atoms with Crippen LogP contribution in [0.25, 0.3) is 0 Å². The van der Waals surface area contributed by atoms with E-state index in [0.717, 1.165) is 43.0 Å². The number of nitrogens with zero attached hydrogens (tertiary/aromatic N) is 3. The molecule has 0 saturated heterocycles. The molecule has 1 fully saturated rings. The van der Waals surface area contributed by atoms with Gasteiger partial charge in [0.2, 0.25) is 5.95 Å². The van der Waals surface area contributed by atoms with Crippen LogP contribution in [-0.4, -0.2) is 27.3 Å². The molecule has 20 heavy (non-hydrogen) atoms. The Balaban J connectivity index is 2.15. The van der Waals surface area contributed by atoms with Gasteiger partial charge in [0.05, 0.1) is 16.9 Å². The van der Waals surface area contributed by atoms with Gasteiger partial charge >= 0.3 is 0 Å². The Kier molecular flexibility index (Phi) is 4.91. The zero-order valence-corrected chi connectivity index (χ0v) is 12.9. The van der Waals surface area contributed by atoms with Crippen molar-refractivity contribution in [3.63, 3.8) is 0 Å². The quantitative estimate of drug-likeness (QED) is 0.863. The molecule has 1 aromatic heterocycles. The van der Waals surface area contributed by atoms with Crippen molar-refractivity contribution < 1.29 is 0 Å². The first-order chi connectivity index (χ1) is 9.62. The summed E-state index contributed by atoms with van der Waals surface area (Å²) in [4.78, 5) is 4.63. The largest absolute Gasteiger partial charge is 0.346 e. The number of aromatic nitrogens is 3. The van der Waals surface area contributed by atoms with Crippen LogP contribution in [-0.2, 0) is 12.8 Å². The fourth-order valence-electron chi connectivity index (χ4n) is 2.92. The summed E-state index contributed by atoms with van der Waals surface area (Å²) in [6.07, 6.45) is 6.37. The molecule has 0 aromatic carbocycles. The maximum absolute atomic E-state index is 6.02. The number of anilines is 1. The average Bonchev–Trinajstić information content (AvgIpc) is 2.49. The van der Waals surface area contributed by atoms with E-state index in [4.69, 9.17) is 5.73 Å². The third-order valence-corrected chi connectivity index (χ3v) is 4.51. The van der Waals surface area contributed by atoms with E-state index in [9.17, 15) is 0 Å². The third-order valence-electron chi connectivity index (χ3n) is 4.51. The summed E-state index contributed by atoms with van der Waals surface area (Å²) in [6, 6.07) is 0. The van der Waals surface area contributed by atoms with Gasteiger partial charge in [0.25, 0.3) is 0 Å². The van der Waals surface area contributed by atoms with Crippen LogP contribution in [0.1, 0.15) is 57.8 Å². The lowest BCUT2D eigenvalue weighted by Gasteiger charge is -2.39. The standard InChI is InChI=1S/C15H27N5/c1-4-12-13(5-2)19-20-14(17-12)18-15(10-16)8-6-11(3)7-9-15/h11H,4-10,16H2,1-3H3,(H,17,18,20). The van der Waals surface area contributed by atoms with Crippen molar-refractivity contribution in [2.45, 2.75) is 64.8 Å². The minimum Gasteiger partial charge on any atom is -0.346 e. The van der Waals surface area contributed by atoms with E-state index in [2.05, 4.69) is 41.3 Å². The highest BCUT2D eigenvalue weighted by Gasteiger charge is 2.33. The number of aryl methyl sites for hydroxylation is 2. The lowest BCUT2D eigenvalue weighted by Crippen LogP contribution is -2.48. The molecule has 0 spiro atoms. The van der Waals surface area contributed by atoms with Crippen molar-refractivity contribution in [3.05, 3.63) is 11.4 Å². The summed E-state index contributed by atoms with van der Waals surface area (Å²) >= 11 is 0. The van der Waals surface area contributed by atoms with Gasteiger partial charge in [0.1, 0.15) is 0 Å². The van der Waals surface area contributed by atoms with E-state index in [1.54, 1.807) is 0 Å². The normalized spacial score (nSPS) is 26.5. The Morgan fingerprint density at radius 3 is 2.35 bits per heavy atom. The minimum atomic E-state index is -0.0487. The zero-order chi connectivity index (χ0) is 14.6. The molecule has 0 unspecified atom stereocenters. The van der Waals surface area contributed by atoms with Crippen molar-refractivity contribution in [2.24, 2.45) is 11.7 Å². The van der Waals surface area contributed by atoms with Crippen molar-refractivity contribution in [1.82, 2.24) is 15.2 Å². The summed E-state index contributed by atoms with van der Waals surface area (Å²) in [5, 5.41) is 12.0. The van der Waals surface area contributed by atoms with E-state index in [1.807, 2.05) is 0 Å². The first-order valence-corrected chi connectivity index (χ1v) is 7.83. The van der Waals surface area contributed by atoms with Crippen LogP contribution >= 0.6 is 0 Å². The van der Waals surface area contributed by atoms with E-state index < -0.39 is 0 Å². The first kappa shape index (κ1) is 15.2. The lowest BCUT2D eigenvalue weighted by atomic mass is 9.77. The summed E-state index contributed by atoms with van der Waals surface area (Å²) in [5.41, 5.74) is 8.01. The van der Waals surface area contributed by atoms with Crippen molar-refractivity contribution in [1.29, 1.82) is 0 Å². The molecule has 0 bridgehead atoms. The van der Waals surface area contributed by atoms with Gasteiger partial charge in [0, 0.05) is 6.54 Å². The van der Waals surface area contributed by atoms with Gasteiger partial charge in [-0.15, -0.1) is 5.10 Å². The van der Waals surface area contributed by atoms with Crippen molar-refractivity contribution in [3.8, 4) is 0 Å². The molecule has 0 aliphatic heterocycles. The predicted octanol–water partition coefficient (Wildman–Crippen LogP) is 2.32. The molecule has 0 radical (unpaired) electrons. The number of hydrogen-bond acceptors (Lipinski definition) is 5. The van der Waals surface area contributed by atoms with Crippen molar-refractivity contribution in [2.75, 3.05) is 11.9 Å².